The number of benzene rings is 1. The molecule has 0 unspecified atom stereocenters. The second kappa shape index (κ2) is 5.86. The van der Waals surface area contributed by atoms with Gasteiger partial charge in [0.2, 0.25) is 5.91 Å². The van der Waals surface area contributed by atoms with Crippen molar-refractivity contribution in [1.82, 2.24) is 4.90 Å². The Morgan fingerprint density at radius 1 is 1.53 bits per heavy atom. The zero-order valence-electron chi connectivity index (χ0n) is 9.76. The van der Waals surface area contributed by atoms with Gasteiger partial charge in [0.25, 0.3) is 0 Å². The summed E-state index contributed by atoms with van der Waals surface area (Å²) in [7, 11) is 3.40. The molecule has 0 aliphatic carbocycles. The maximum atomic E-state index is 13.1. The summed E-state index contributed by atoms with van der Waals surface area (Å²) >= 11 is 3.08. The van der Waals surface area contributed by atoms with Crippen LogP contribution in [0.4, 0.5) is 15.8 Å². The van der Waals surface area contributed by atoms with Crippen molar-refractivity contribution in [3.63, 3.8) is 0 Å². The lowest BCUT2D eigenvalue weighted by atomic mass is 10.2. The summed E-state index contributed by atoms with van der Waals surface area (Å²) in [6.45, 7) is 0.458. The summed E-state index contributed by atoms with van der Waals surface area (Å²) in [5.41, 5.74) is 6.59. The van der Waals surface area contributed by atoms with Crippen molar-refractivity contribution < 1.29 is 9.18 Å². The minimum absolute atomic E-state index is 0.0252. The van der Waals surface area contributed by atoms with Crippen LogP contribution in [0, 0.1) is 5.82 Å². The molecule has 17 heavy (non-hydrogen) atoms. The van der Waals surface area contributed by atoms with Crippen molar-refractivity contribution in [3.05, 3.63) is 22.4 Å². The molecule has 0 radical (unpaired) electrons. The van der Waals surface area contributed by atoms with E-state index in [9.17, 15) is 9.18 Å². The Hall–Kier alpha value is -1.30. The molecule has 0 aliphatic heterocycles. The molecule has 94 valence electrons. The van der Waals surface area contributed by atoms with E-state index < -0.39 is 5.82 Å². The first-order chi connectivity index (χ1) is 7.91. The highest BCUT2D eigenvalue weighted by Gasteiger charge is 2.07. The molecule has 0 heterocycles. The number of nitrogens with two attached hydrogens (primary N) is 1. The van der Waals surface area contributed by atoms with E-state index in [0.29, 0.717) is 28.8 Å². The zero-order chi connectivity index (χ0) is 13.0. The van der Waals surface area contributed by atoms with Crippen molar-refractivity contribution in [2.24, 2.45) is 0 Å². The van der Waals surface area contributed by atoms with Gasteiger partial charge in [-0.1, -0.05) is 0 Å². The highest BCUT2D eigenvalue weighted by Crippen LogP contribution is 2.26. The number of amides is 1. The molecule has 0 atom stereocenters. The van der Waals surface area contributed by atoms with Crippen molar-refractivity contribution in [1.29, 1.82) is 0 Å². The molecular weight excluding hydrogens is 289 g/mol. The summed E-state index contributed by atoms with van der Waals surface area (Å²) in [6.07, 6.45) is 0.363. The third kappa shape index (κ3) is 3.89. The SMILES string of the molecule is CN(C)C(=O)CCNc1cc(Br)c(F)cc1N. The molecule has 0 aromatic heterocycles. The molecule has 1 amide bonds. The van der Waals surface area contributed by atoms with Crippen LogP contribution in [0.5, 0.6) is 0 Å². The quantitative estimate of drug-likeness (QED) is 0.837. The molecule has 0 saturated carbocycles. The molecule has 0 saturated heterocycles. The summed E-state index contributed by atoms with van der Waals surface area (Å²) in [4.78, 5) is 12.8. The Bertz CT molecular complexity index is 423. The van der Waals surface area contributed by atoms with E-state index >= 15 is 0 Å². The van der Waals surface area contributed by atoms with Crippen LogP contribution in [0.1, 0.15) is 6.42 Å². The van der Waals surface area contributed by atoms with Gasteiger partial charge in [0.15, 0.2) is 0 Å². The molecule has 0 bridgehead atoms. The van der Waals surface area contributed by atoms with Crippen LogP contribution >= 0.6 is 15.9 Å². The number of halogens is 2. The van der Waals surface area contributed by atoms with Crippen LogP contribution in [0.15, 0.2) is 16.6 Å². The molecule has 0 spiro atoms. The number of hydrogen-bond donors (Lipinski definition) is 2. The highest BCUT2D eigenvalue weighted by atomic mass is 79.9. The minimum atomic E-state index is -0.405. The van der Waals surface area contributed by atoms with E-state index in [2.05, 4.69) is 21.2 Å². The largest absolute Gasteiger partial charge is 0.397 e. The van der Waals surface area contributed by atoms with Gasteiger partial charge in [-0.05, 0) is 22.0 Å². The average molecular weight is 304 g/mol. The first-order valence-electron chi connectivity index (χ1n) is 5.10. The van der Waals surface area contributed by atoms with E-state index in [1.54, 1.807) is 20.2 Å². The van der Waals surface area contributed by atoms with Crippen molar-refractivity contribution >= 4 is 33.2 Å². The normalized spacial score (nSPS) is 10.1. The molecule has 1 aromatic rings. The Morgan fingerprint density at radius 3 is 2.76 bits per heavy atom. The van der Waals surface area contributed by atoms with E-state index in [-0.39, 0.29) is 5.91 Å². The maximum absolute atomic E-state index is 13.1. The maximum Gasteiger partial charge on any atom is 0.223 e. The Balaban J connectivity index is 2.58. The fourth-order valence-electron chi connectivity index (χ4n) is 1.24. The van der Waals surface area contributed by atoms with Gasteiger partial charge < -0.3 is 16.0 Å². The van der Waals surface area contributed by atoms with Crippen LogP contribution in [0.25, 0.3) is 0 Å². The number of nitrogens with zero attached hydrogens (tertiary/aromatic N) is 1. The van der Waals surface area contributed by atoms with Gasteiger partial charge in [0.1, 0.15) is 5.82 Å². The predicted octanol–water partition coefficient (Wildman–Crippen LogP) is 2.06. The van der Waals surface area contributed by atoms with E-state index in [1.165, 1.54) is 11.0 Å². The van der Waals surface area contributed by atoms with Crippen LogP contribution in [-0.4, -0.2) is 31.4 Å². The second-order valence-electron chi connectivity index (χ2n) is 3.82. The van der Waals surface area contributed by atoms with Gasteiger partial charge in [-0.15, -0.1) is 0 Å². The lowest BCUT2D eigenvalue weighted by Gasteiger charge is -2.12. The molecule has 0 aliphatic rings. The Morgan fingerprint density at radius 2 is 2.18 bits per heavy atom. The van der Waals surface area contributed by atoms with Crippen LogP contribution in [0.3, 0.4) is 0 Å². The van der Waals surface area contributed by atoms with Crippen LogP contribution < -0.4 is 11.1 Å². The van der Waals surface area contributed by atoms with Crippen molar-refractivity contribution in [2.45, 2.75) is 6.42 Å². The van der Waals surface area contributed by atoms with E-state index in [0.717, 1.165) is 0 Å². The first-order valence-corrected chi connectivity index (χ1v) is 5.89. The molecule has 3 N–H and O–H groups in total. The minimum Gasteiger partial charge on any atom is -0.397 e. The fourth-order valence-corrected chi connectivity index (χ4v) is 1.59. The topological polar surface area (TPSA) is 58.4 Å². The lowest BCUT2D eigenvalue weighted by molar-refractivity contribution is -0.128. The van der Waals surface area contributed by atoms with Gasteiger partial charge in [-0.3, -0.25) is 4.79 Å². The number of carbonyl (C=O) groups excluding carboxylic acids is 1. The van der Waals surface area contributed by atoms with Crippen molar-refractivity contribution in [3.8, 4) is 0 Å². The fraction of sp³-hybridized carbons (Fsp3) is 0.364. The summed E-state index contributed by atoms with van der Waals surface area (Å²) in [6, 6.07) is 2.80. The van der Waals surface area contributed by atoms with Gasteiger partial charge >= 0.3 is 0 Å². The van der Waals surface area contributed by atoms with E-state index in [1.807, 2.05) is 0 Å². The number of nitrogens with one attached hydrogen (secondary N) is 1. The molecule has 1 rings (SSSR count). The average Bonchev–Trinajstić information content (AvgIpc) is 2.25. The van der Waals surface area contributed by atoms with Gasteiger partial charge in [0, 0.05) is 33.1 Å². The Labute approximate surface area is 108 Å². The number of nitrogen functional groups attached to an aromatic ring is 1. The van der Waals surface area contributed by atoms with Crippen molar-refractivity contribution in [2.75, 3.05) is 31.7 Å². The molecular formula is C11H15BrFN3O. The third-order valence-electron chi connectivity index (χ3n) is 2.25. The predicted molar refractivity (Wildman–Crippen MR) is 70.3 cm³/mol. The summed E-state index contributed by atoms with van der Waals surface area (Å²) in [5, 5.41) is 3.00. The monoisotopic (exact) mass is 303 g/mol. The van der Waals surface area contributed by atoms with Gasteiger partial charge in [-0.25, -0.2) is 4.39 Å². The Kier molecular flexibility index (Phi) is 4.74. The zero-order valence-corrected chi connectivity index (χ0v) is 11.3. The smallest absolute Gasteiger partial charge is 0.223 e. The summed E-state index contributed by atoms with van der Waals surface area (Å²) in [5.74, 6) is -0.380. The molecule has 0 fully saturated rings. The lowest BCUT2D eigenvalue weighted by Crippen LogP contribution is -2.24. The van der Waals surface area contributed by atoms with Crippen LogP contribution in [-0.2, 0) is 4.79 Å². The van der Waals surface area contributed by atoms with Gasteiger partial charge in [0.05, 0.1) is 15.8 Å². The standard InChI is InChI=1S/C11H15BrFN3O/c1-16(2)11(17)3-4-15-10-5-7(12)8(13)6-9(10)14/h5-6,15H,3-4,14H2,1-2H3. The van der Waals surface area contributed by atoms with Crippen LogP contribution in [0.2, 0.25) is 0 Å². The summed E-state index contributed by atoms with van der Waals surface area (Å²) < 4.78 is 13.4. The second-order valence-corrected chi connectivity index (χ2v) is 4.67. The number of carbonyl (C=O) groups is 1. The number of hydrogen-bond acceptors (Lipinski definition) is 3. The van der Waals surface area contributed by atoms with E-state index in [4.69, 9.17) is 5.73 Å². The third-order valence-corrected chi connectivity index (χ3v) is 2.85. The molecule has 1 aromatic carbocycles. The highest BCUT2D eigenvalue weighted by molar-refractivity contribution is 9.10. The molecule has 6 heteroatoms. The van der Waals surface area contributed by atoms with Gasteiger partial charge in [-0.2, -0.15) is 0 Å². The first kappa shape index (κ1) is 13.8. The number of anilines is 2. The molecule has 4 nitrogen and oxygen atoms in total. The number of rotatable bonds is 4.